The zero-order chi connectivity index (χ0) is 25.1. The lowest BCUT2D eigenvalue weighted by Crippen LogP contribution is -2.06. The van der Waals surface area contributed by atoms with E-state index in [1.165, 1.54) is 31.4 Å². The van der Waals surface area contributed by atoms with Gasteiger partial charge in [-0.2, -0.15) is 0 Å². The van der Waals surface area contributed by atoms with E-state index in [1.54, 1.807) is 12.1 Å². The summed E-state index contributed by atoms with van der Waals surface area (Å²) in [4.78, 5) is 27.2. The van der Waals surface area contributed by atoms with Crippen LogP contribution in [-0.4, -0.2) is 23.9 Å². The predicted octanol–water partition coefficient (Wildman–Crippen LogP) is 6.55. The topological polar surface area (TPSA) is 100 Å². The van der Waals surface area contributed by atoms with Gasteiger partial charge in [0.2, 0.25) is 5.90 Å². The van der Waals surface area contributed by atoms with Gasteiger partial charge in [0.05, 0.1) is 16.5 Å². The van der Waals surface area contributed by atoms with Gasteiger partial charge < -0.3 is 14.2 Å². The monoisotopic (exact) mass is 668 g/mol. The van der Waals surface area contributed by atoms with E-state index < -0.39 is 10.9 Å². The number of ether oxygens (including phenoxy) is 3. The first-order valence-electron chi connectivity index (χ1n) is 9.97. The SMILES string of the molecule is COc1cc(/C=C2\N=C(c3ccc(Cl)c([N+](=O)[O-])c3)OC2=O)cc(Br)c1OCc1ccccc1I. The molecular weight excluding hydrogens is 655 g/mol. The number of cyclic esters (lactones) is 1. The van der Waals surface area contributed by atoms with Crippen LogP contribution in [0.2, 0.25) is 5.02 Å². The van der Waals surface area contributed by atoms with Crippen molar-refractivity contribution in [2.45, 2.75) is 6.61 Å². The number of halogens is 3. The molecule has 0 unspecified atom stereocenters. The average Bonchev–Trinajstić information content (AvgIpc) is 3.19. The summed E-state index contributed by atoms with van der Waals surface area (Å²) in [6.07, 6.45) is 1.52. The summed E-state index contributed by atoms with van der Waals surface area (Å²) in [5.74, 6) is 0.234. The first kappa shape index (κ1) is 25.1. The molecule has 0 atom stereocenters. The maximum Gasteiger partial charge on any atom is 0.363 e. The van der Waals surface area contributed by atoms with E-state index in [9.17, 15) is 14.9 Å². The fourth-order valence-electron chi connectivity index (χ4n) is 3.20. The van der Waals surface area contributed by atoms with Gasteiger partial charge in [0, 0.05) is 20.8 Å². The number of hydrogen-bond donors (Lipinski definition) is 0. The molecule has 11 heteroatoms. The number of nitro groups is 1. The second-order valence-corrected chi connectivity index (χ2v) is 9.60. The zero-order valence-corrected chi connectivity index (χ0v) is 22.5. The van der Waals surface area contributed by atoms with E-state index in [4.69, 9.17) is 25.8 Å². The van der Waals surface area contributed by atoms with Crippen molar-refractivity contribution in [3.63, 3.8) is 0 Å². The van der Waals surface area contributed by atoms with Gasteiger partial charge in [-0.25, -0.2) is 9.79 Å². The van der Waals surface area contributed by atoms with Crippen LogP contribution in [0.25, 0.3) is 6.08 Å². The molecular formula is C24H15BrClIN2O6. The maximum absolute atomic E-state index is 12.4. The molecule has 1 aliphatic heterocycles. The van der Waals surface area contributed by atoms with E-state index in [1.807, 2.05) is 24.3 Å². The van der Waals surface area contributed by atoms with Gasteiger partial charge in [0.25, 0.3) is 5.69 Å². The largest absolute Gasteiger partial charge is 0.493 e. The lowest BCUT2D eigenvalue weighted by atomic mass is 10.1. The third-order valence-corrected chi connectivity index (χ3v) is 6.86. The second kappa shape index (κ2) is 10.8. The predicted molar refractivity (Wildman–Crippen MR) is 143 cm³/mol. The highest BCUT2D eigenvalue weighted by atomic mass is 127. The van der Waals surface area contributed by atoms with Crippen molar-refractivity contribution in [1.29, 1.82) is 0 Å². The smallest absolute Gasteiger partial charge is 0.363 e. The molecule has 0 saturated heterocycles. The van der Waals surface area contributed by atoms with Crippen molar-refractivity contribution >= 4 is 73.8 Å². The minimum Gasteiger partial charge on any atom is -0.493 e. The molecule has 3 aromatic carbocycles. The van der Waals surface area contributed by atoms with Crippen molar-refractivity contribution in [2.24, 2.45) is 4.99 Å². The normalized spacial score (nSPS) is 14.0. The lowest BCUT2D eigenvalue weighted by Gasteiger charge is -2.14. The molecule has 0 aromatic heterocycles. The molecule has 178 valence electrons. The number of esters is 1. The van der Waals surface area contributed by atoms with Gasteiger partial charge >= 0.3 is 5.97 Å². The highest BCUT2D eigenvalue weighted by Gasteiger charge is 2.26. The summed E-state index contributed by atoms with van der Waals surface area (Å²) in [5, 5.41) is 11.1. The van der Waals surface area contributed by atoms with Gasteiger partial charge in [-0.05, 0) is 80.5 Å². The molecule has 0 bridgehead atoms. The summed E-state index contributed by atoms with van der Waals surface area (Å²) in [5.41, 5.74) is 1.62. The van der Waals surface area contributed by atoms with Crippen LogP contribution >= 0.6 is 50.1 Å². The number of hydrogen-bond acceptors (Lipinski definition) is 7. The number of carbonyl (C=O) groups excluding carboxylic acids is 1. The van der Waals surface area contributed by atoms with E-state index in [-0.39, 0.29) is 27.9 Å². The van der Waals surface area contributed by atoms with Crippen LogP contribution in [0, 0.1) is 13.7 Å². The number of benzene rings is 3. The number of methoxy groups -OCH3 is 1. The standard InChI is InChI=1S/C24H15BrClIN2O6/c1-33-21-10-13(8-16(25)22(21)34-12-15-4-2-3-5-18(15)27)9-19-24(30)35-23(28-19)14-6-7-17(26)20(11-14)29(31)32/h2-11H,12H2,1H3/b19-9-. The zero-order valence-electron chi connectivity index (χ0n) is 18.0. The molecule has 35 heavy (non-hydrogen) atoms. The van der Waals surface area contributed by atoms with Gasteiger partial charge in [0.15, 0.2) is 17.2 Å². The Hall–Kier alpha value is -2.96. The molecule has 0 radical (unpaired) electrons. The first-order chi connectivity index (χ1) is 16.8. The lowest BCUT2D eigenvalue weighted by molar-refractivity contribution is -0.384. The second-order valence-electron chi connectivity index (χ2n) is 7.17. The molecule has 0 N–H and O–H groups in total. The van der Waals surface area contributed by atoms with Crippen LogP contribution < -0.4 is 9.47 Å². The van der Waals surface area contributed by atoms with E-state index in [2.05, 4.69) is 43.5 Å². The Morgan fingerprint density at radius 2 is 2.00 bits per heavy atom. The third-order valence-electron chi connectivity index (χ3n) is 4.90. The van der Waals surface area contributed by atoms with Crippen LogP contribution in [0.1, 0.15) is 16.7 Å². The van der Waals surface area contributed by atoms with Crippen LogP contribution in [0.5, 0.6) is 11.5 Å². The Morgan fingerprint density at radius 3 is 2.71 bits per heavy atom. The van der Waals surface area contributed by atoms with Gasteiger partial charge in [-0.1, -0.05) is 29.8 Å². The third kappa shape index (κ3) is 5.65. The van der Waals surface area contributed by atoms with E-state index in [0.29, 0.717) is 28.1 Å². The highest BCUT2D eigenvalue weighted by Crippen LogP contribution is 2.38. The summed E-state index contributed by atoms with van der Waals surface area (Å²) in [6, 6.07) is 15.4. The van der Waals surface area contributed by atoms with Crippen molar-refractivity contribution in [3.05, 3.63) is 100 Å². The quantitative estimate of drug-likeness (QED) is 0.0931. The Balaban J connectivity index is 1.61. The first-order valence-corrected chi connectivity index (χ1v) is 12.2. The molecule has 0 amide bonds. The number of nitro benzene ring substituents is 1. The van der Waals surface area contributed by atoms with Crippen LogP contribution in [0.3, 0.4) is 0 Å². The minimum absolute atomic E-state index is 0.0269. The fourth-order valence-corrected chi connectivity index (χ4v) is 4.51. The molecule has 1 heterocycles. The van der Waals surface area contributed by atoms with Crippen molar-refractivity contribution in [3.8, 4) is 11.5 Å². The van der Waals surface area contributed by atoms with Crippen LogP contribution in [0.4, 0.5) is 5.69 Å². The Bertz CT molecular complexity index is 1410. The summed E-state index contributed by atoms with van der Waals surface area (Å²) in [7, 11) is 1.52. The molecule has 0 aliphatic carbocycles. The minimum atomic E-state index is -0.688. The Kier molecular flexibility index (Phi) is 7.72. The molecule has 0 fully saturated rings. The van der Waals surface area contributed by atoms with Crippen molar-refractivity contribution in [1.82, 2.24) is 0 Å². The summed E-state index contributed by atoms with van der Waals surface area (Å²) in [6.45, 7) is 0.349. The number of carbonyl (C=O) groups is 1. The van der Waals surface area contributed by atoms with Crippen LogP contribution in [-0.2, 0) is 16.1 Å². The van der Waals surface area contributed by atoms with Gasteiger partial charge in [-0.15, -0.1) is 0 Å². The number of rotatable bonds is 7. The maximum atomic E-state index is 12.4. The highest BCUT2D eigenvalue weighted by molar-refractivity contribution is 14.1. The van der Waals surface area contributed by atoms with Crippen molar-refractivity contribution in [2.75, 3.05) is 7.11 Å². The van der Waals surface area contributed by atoms with Crippen molar-refractivity contribution < 1.29 is 23.9 Å². The van der Waals surface area contributed by atoms with E-state index >= 15 is 0 Å². The van der Waals surface area contributed by atoms with Crippen LogP contribution in [0.15, 0.2) is 69.8 Å². The molecule has 4 rings (SSSR count). The Morgan fingerprint density at radius 1 is 1.23 bits per heavy atom. The number of nitrogens with zero attached hydrogens (tertiary/aromatic N) is 2. The Labute approximate surface area is 227 Å². The molecule has 8 nitrogen and oxygen atoms in total. The number of aliphatic imine (C=N–C) groups is 1. The van der Waals surface area contributed by atoms with Gasteiger partial charge in [-0.3, -0.25) is 10.1 Å². The average molecular weight is 670 g/mol. The molecule has 1 aliphatic rings. The fraction of sp³-hybridized carbons (Fsp3) is 0.0833. The van der Waals surface area contributed by atoms with Gasteiger partial charge in [0.1, 0.15) is 11.6 Å². The molecule has 0 saturated carbocycles. The summed E-state index contributed by atoms with van der Waals surface area (Å²) < 4.78 is 18.4. The molecule has 0 spiro atoms. The summed E-state index contributed by atoms with van der Waals surface area (Å²) >= 11 is 11.6. The van der Waals surface area contributed by atoms with E-state index in [0.717, 1.165) is 9.13 Å². The molecule has 3 aromatic rings.